The lowest BCUT2D eigenvalue weighted by atomic mass is 9.88. The van der Waals surface area contributed by atoms with Gasteiger partial charge in [0.15, 0.2) is 23.6 Å². The third-order valence-corrected chi connectivity index (χ3v) is 7.46. The maximum atomic E-state index is 13.2. The molecule has 3 aliphatic carbocycles. The molecule has 0 radical (unpaired) electrons. The molecule has 3 unspecified atom stereocenters. The molecule has 0 saturated heterocycles. The number of benzene rings is 1. The van der Waals surface area contributed by atoms with E-state index >= 15 is 0 Å². The van der Waals surface area contributed by atoms with E-state index in [-0.39, 0.29) is 25.0 Å². The molecule has 0 aromatic heterocycles. The number of carbonyl (C=O) groups is 2. The third-order valence-electron chi connectivity index (χ3n) is 7.46. The number of aliphatic hydroxyl groups is 7. The number of rotatable bonds is 10. The Morgan fingerprint density at radius 2 is 1.92 bits per heavy atom. The lowest BCUT2D eigenvalue weighted by Crippen LogP contribution is -2.42. The van der Waals surface area contributed by atoms with Gasteiger partial charge < -0.3 is 35.7 Å². The Labute approximate surface area is 220 Å². The molecule has 1 aromatic rings. The second-order valence-corrected chi connectivity index (χ2v) is 10.6. The van der Waals surface area contributed by atoms with Gasteiger partial charge in [-0.25, -0.2) is 0 Å². The van der Waals surface area contributed by atoms with Gasteiger partial charge in [0, 0.05) is 36.7 Å². The van der Waals surface area contributed by atoms with Crippen molar-refractivity contribution in [3.05, 3.63) is 76.4 Å². The van der Waals surface area contributed by atoms with E-state index in [0.29, 0.717) is 29.6 Å². The van der Waals surface area contributed by atoms with E-state index in [9.17, 15) is 45.3 Å². The van der Waals surface area contributed by atoms with Crippen molar-refractivity contribution in [1.82, 2.24) is 0 Å². The van der Waals surface area contributed by atoms with E-state index in [0.717, 1.165) is 16.7 Å². The summed E-state index contributed by atoms with van der Waals surface area (Å²) in [5, 5.41) is 68.5. The molecule has 7 N–H and O–H groups in total. The molecule has 0 amide bonds. The van der Waals surface area contributed by atoms with Crippen molar-refractivity contribution in [2.45, 2.75) is 69.4 Å². The first-order valence-electron chi connectivity index (χ1n) is 12.7. The van der Waals surface area contributed by atoms with Crippen molar-refractivity contribution >= 4 is 17.1 Å². The lowest BCUT2D eigenvalue weighted by Gasteiger charge is -2.22. The summed E-state index contributed by atoms with van der Waals surface area (Å²) in [5.74, 6) is -7.68. The van der Waals surface area contributed by atoms with E-state index in [1.807, 2.05) is 30.3 Å². The van der Waals surface area contributed by atoms with Crippen molar-refractivity contribution in [3.8, 4) is 0 Å². The highest BCUT2D eigenvalue weighted by molar-refractivity contribution is 6.04. The minimum Gasteiger partial charge on any atom is -0.385 e. The molecular weight excluding hydrogens is 492 g/mol. The van der Waals surface area contributed by atoms with Crippen molar-refractivity contribution in [1.29, 1.82) is 0 Å². The molecular formula is C29H34O9. The molecule has 1 saturated carbocycles. The second kappa shape index (κ2) is 10.8. The van der Waals surface area contributed by atoms with Crippen molar-refractivity contribution in [2.75, 3.05) is 0 Å². The molecule has 0 spiro atoms. The molecule has 1 aromatic carbocycles. The van der Waals surface area contributed by atoms with E-state index in [1.54, 1.807) is 6.08 Å². The van der Waals surface area contributed by atoms with Gasteiger partial charge in [0.2, 0.25) is 5.79 Å². The largest absolute Gasteiger partial charge is 0.385 e. The van der Waals surface area contributed by atoms with Crippen molar-refractivity contribution in [3.63, 3.8) is 0 Å². The van der Waals surface area contributed by atoms with Gasteiger partial charge in [0.25, 0.3) is 0 Å². The Morgan fingerprint density at radius 3 is 2.61 bits per heavy atom. The molecule has 3 atom stereocenters. The Bertz CT molecular complexity index is 1230. The fraction of sp³-hybridized carbons (Fsp3) is 0.448. The average Bonchev–Trinajstić information content (AvgIpc) is 3.51. The summed E-state index contributed by atoms with van der Waals surface area (Å²) in [6.45, 7) is 1.34. The number of hydrogen-bond acceptors (Lipinski definition) is 9. The summed E-state index contributed by atoms with van der Waals surface area (Å²) in [7, 11) is 0. The van der Waals surface area contributed by atoms with Gasteiger partial charge in [0.05, 0.1) is 6.10 Å². The topological polar surface area (TPSA) is 176 Å². The summed E-state index contributed by atoms with van der Waals surface area (Å²) in [6.07, 6.45) is 4.31. The molecule has 0 aliphatic heterocycles. The highest BCUT2D eigenvalue weighted by Crippen LogP contribution is 2.45. The van der Waals surface area contributed by atoms with E-state index < -0.39 is 48.0 Å². The van der Waals surface area contributed by atoms with Crippen LogP contribution in [0, 0.1) is 11.8 Å². The molecule has 0 bridgehead atoms. The van der Waals surface area contributed by atoms with Gasteiger partial charge in [-0.2, -0.15) is 0 Å². The number of ketones is 2. The van der Waals surface area contributed by atoms with Crippen molar-refractivity contribution in [2.24, 2.45) is 11.8 Å². The van der Waals surface area contributed by atoms with Crippen LogP contribution in [0.5, 0.6) is 0 Å². The zero-order chi connectivity index (χ0) is 27.8. The Morgan fingerprint density at radius 1 is 1.18 bits per heavy atom. The van der Waals surface area contributed by atoms with Crippen LogP contribution in [0.3, 0.4) is 0 Å². The summed E-state index contributed by atoms with van der Waals surface area (Å²) >= 11 is 0. The van der Waals surface area contributed by atoms with Gasteiger partial charge in [-0.3, -0.25) is 9.59 Å². The minimum atomic E-state index is -2.73. The number of aryl methyl sites for hydroxylation is 1. The smallest absolute Gasteiger partial charge is 0.227 e. The Hall–Kier alpha value is -2.76. The number of allylic oxidation sites excluding steroid dienone is 6. The standard InChI is InChI=1S/C29H34O9/c1-28(35,36)8-7-16-3-2-4-17(9-16)18-5-6-19(10-18)25(31)12-20-11-22(30)15-23(20)24-13-21(14-26(32)33)29(37,38)27(24)34/h2-4,6,9-11,15,21-22,24,26,30,32-33,35-38H,5,7-8,12-14H2,1H3. The first-order valence-corrected chi connectivity index (χ1v) is 12.7. The summed E-state index contributed by atoms with van der Waals surface area (Å²) < 4.78 is 0. The van der Waals surface area contributed by atoms with Gasteiger partial charge in [-0.15, -0.1) is 0 Å². The molecule has 9 heteroatoms. The fourth-order valence-corrected chi connectivity index (χ4v) is 5.44. The first-order chi connectivity index (χ1) is 17.7. The predicted octanol–water partition coefficient (Wildman–Crippen LogP) is 0.807. The highest BCUT2D eigenvalue weighted by atomic mass is 16.5. The third kappa shape index (κ3) is 6.27. The van der Waals surface area contributed by atoms with Crippen LogP contribution in [0.1, 0.15) is 50.2 Å². The maximum absolute atomic E-state index is 13.2. The number of carbonyl (C=O) groups excluding carboxylic acids is 2. The number of hydrogen-bond donors (Lipinski definition) is 7. The van der Waals surface area contributed by atoms with E-state index in [2.05, 4.69) is 0 Å². The molecule has 1 fully saturated rings. The lowest BCUT2D eigenvalue weighted by molar-refractivity contribution is -0.201. The van der Waals surface area contributed by atoms with Crippen LogP contribution in [-0.2, 0) is 16.0 Å². The monoisotopic (exact) mass is 526 g/mol. The van der Waals surface area contributed by atoms with Gasteiger partial charge in [-0.1, -0.05) is 30.3 Å². The van der Waals surface area contributed by atoms with Gasteiger partial charge in [-0.05, 0) is 72.3 Å². The number of aliphatic hydroxyl groups excluding tert-OH is 2. The maximum Gasteiger partial charge on any atom is 0.227 e. The molecule has 4 rings (SSSR count). The first kappa shape index (κ1) is 28.3. The van der Waals surface area contributed by atoms with Crippen LogP contribution >= 0.6 is 0 Å². The molecule has 204 valence electrons. The fourth-order valence-electron chi connectivity index (χ4n) is 5.44. The number of Topliss-reactive ketones (excluding diaryl/α,β-unsaturated/α-hetero) is 2. The van der Waals surface area contributed by atoms with Crippen LogP contribution in [0.2, 0.25) is 0 Å². The van der Waals surface area contributed by atoms with Crippen LogP contribution in [-0.4, -0.2) is 71.3 Å². The van der Waals surface area contributed by atoms with Crippen molar-refractivity contribution < 1.29 is 45.3 Å². The second-order valence-electron chi connectivity index (χ2n) is 10.6. The van der Waals surface area contributed by atoms with E-state index in [4.69, 9.17) is 0 Å². The van der Waals surface area contributed by atoms with Crippen LogP contribution < -0.4 is 0 Å². The van der Waals surface area contributed by atoms with Crippen LogP contribution in [0.15, 0.2) is 65.3 Å². The molecule has 38 heavy (non-hydrogen) atoms. The average molecular weight is 527 g/mol. The quantitative estimate of drug-likeness (QED) is 0.218. The van der Waals surface area contributed by atoms with Crippen LogP contribution in [0.4, 0.5) is 0 Å². The predicted molar refractivity (Wildman–Crippen MR) is 137 cm³/mol. The summed E-state index contributed by atoms with van der Waals surface area (Å²) in [4.78, 5) is 26.0. The Kier molecular flexibility index (Phi) is 8.02. The molecule has 0 heterocycles. The molecule has 9 nitrogen and oxygen atoms in total. The zero-order valence-corrected chi connectivity index (χ0v) is 21.1. The summed E-state index contributed by atoms with van der Waals surface area (Å²) in [6, 6.07) is 7.66. The van der Waals surface area contributed by atoms with Gasteiger partial charge >= 0.3 is 0 Å². The minimum absolute atomic E-state index is 0.0532. The molecule has 3 aliphatic rings. The normalized spacial score (nSPS) is 25.0. The Balaban J connectivity index is 1.45. The SMILES string of the molecule is CC(O)(O)CCc1cccc(C2=CC(C(=O)CC3=CC(O)C=C3C3CC(CC(O)O)C(O)(O)C3=O)=CC2)c1. The summed E-state index contributed by atoms with van der Waals surface area (Å²) in [5.41, 5.74) is 4.07. The van der Waals surface area contributed by atoms with Gasteiger partial charge in [0.1, 0.15) is 0 Å². The van der Waals surface area contributed by atoms with Crippen LogP contribution in [0.25, 0.3) is 5.57 Å². The van der Waals surface area contributed by atoms with E-state index in [1.165, 1.54) is 19.1 Å². The zero-order valence-electron chi connectivity index (χ0n) is 21.1. The highest BCUT2D eigenvalue weighted by Gasteiger charge is 2.54.